The van der Waals surface area contributed by atoms with Crippen LogP contribution in [0.5, 0.6) is 5.88 Å². The number of aromatic nitrogens is 1. The molecule has 2 amide bonds. The van der Waals surface area contributed by atoms with Crippen LogP contribution < -0.4 is 15.0 Å². The Kier molecular flexibility index (Phi) is 8.61. The lowest BCUT2D eigenvalue weighted by molar-refractivity contribution is -0.143. The van der Waals surface area contributed by atoms with E-state index >= 15 is 0 Å². The van der Waals surface area contributed by atoms with Crippen LogP contribution in [0.1, 0.15) is 25.3 Å². The maximum Gasteiger partial charge on any atom is 0.389 e. The van der Waals surface area contributed by atoms with Crippen LogP contribution in [0.3, 0.4) is 0 Å². The number of benzene rings is 1. The number of nitrogens with zero attached hydrogens (tertiary/aromatic N) is 3. The molecule has 4 rings (SSSR count). The van der Waals surface area contributed by atoms with Gasteiger partial charge in [-0.3, -0.25) is 0 Å². The van der Waals surface area contributed by atoms with Gasteiger partial charge in [0.15, 0.2) is 0 Å². The zero-order valence-electron chi connectivity index (χ0n) is 21.4. The average molecular weight is 541 g/mol. The maximum atomic E-state index is 14.9. The molecule has 1 aromatic carbocycles. The van der Waals surface area contributed by atoms with Crippen molar-refractivity contribution in [1.82, 2.24) is 9.88 Å². The van der Waals surface area contributed by atoms with E-state index in [9.17, 15) is 27.5 Å². The number of urea groups is 1. The number of aryl methyl sites for hydroxylation is 1. The highest BCUT2D eigenvalue weighted by Gasteiger charge is 2.36. The van der Waals surface area contributed by atoms with Crippen molar-refractivity contribution in [2.75, 3.05) is 56.2 Å². The van der Waals surface area contributed by atoms with Crippen molar-refractivity contribution in [3.8, 4) is 17.0 Å². The third-order valence-electron chi connectivity index (χ3n) is 6.66. The molecule has 0 radical (unpaired) electrons. The van der Waals surface area contributed by atoms with Gasteiger partial charge in [0.1, 0.15) is 17.7 Å². The van der Waals surface area contributed by atoms with Crippen molar-refractivity contribution < 1.29 is 36.9 Å². The highest BCUT2D eigenvalue weighted by atomic mass is 19.4. The summed E-state index contributed by atoms with van der Waals surface area (Å²) in [6.07, 6.45) is -5.50. The number of aliphatic hydroxyl groups is 1. The minimum absolute atomic E-state index is 0.0390. The van der Waals surface area contributed by atoms with Crippen molar-refractivity contribution in [3.63, 3.8) is 0 Å². The summed E-state index contributed by atoms with van der Waals surface area (Å²) in [6, 6.07) is 5.68. The Balaban J connectivity index is 1.60. The number of carbonyl (C=O) groups excluding carboxylic acids is 1. The van der Waals surface area contributed by atoms with E-state index in [1.165, 1.54) is 17.0 Å². The minimum Gasteiger partial charge on any atom is -0.472 e. The fraction of sp³-hybridized carbons (Fsp3) is 0.538. The standard InChI is InChI=1S/C26H32F4N4O4/c1-16-9-21(27)22(31-25(36)34-4-3-18(14-34)13-26(28,29)30)12-20(16)19-10-23(33-5-7-37-8-6-33)32-24(11-19)38-17(2)15-35/h9-12,17-18,35H,3-8,13-15H2,1-2H3,(H,31,36)/t17-,18-/m1/s1. The Bertz CT molecular complexity index is 1140. The number of rotatable bonds is 7. The van der Waals surface area contributed by atoms with Crippen LogP contribution >= 0.6 is 0 Å². The summed E-state index contributed by atoms with van der Waals surface area (Å²) in [5.74, 6) is -0.409. The lowest BCUT2D eigenvalue weighted by Crippen LogP contribution is -2.36. The maximum absolute atomic E-state index is 14.9. The molecule has 2 aromatic rings. The number of nitrogens with one attached hydrogen (secondary N) is 1. The zero-order valence-corrected chi connectivity index (χ0v) is 21.4. The van der Waals surface area contributed by atoms with E-state index in [0.717, 1.165) is 0 Å². The second-order valence-electron chi connectivity index (χ2n) is 9.76. The molecule has 0 aliphatic carbocycles. The summed E-state index contributed by atoms with van der Waals surface area (Å²) >= 11 is 0. The number of morpholine rings is 1. The van der Waals surface area contributed by atoms with Crippen molar-refractivity contribution >= 4 is 17.5 Å². The van der Waals surface area contributed by atoms with Crippen LogP contribution in [0.25, 0.3) is 11.1 Å². The smallest absolute Gasteiger partial charge is 0.389 e. The number of pyridine rings is 1. The van der Waals surface area contributed by atoms with Crippen LogP contribution in [0, 0.1) is 18.7 Å². The molecule has 2 saturated heterocycles. The second kappa shape index (κ2) is 11.7. The van der Waals surface area contributed by atoms with Gasteiger partial charge in [-0.25, -0.2) is 9.18 Å². The summed E-state index contributed by atoms with van der Waals surface area (Å²) in [6.45, 7) is 5.70. The van der Waals surface area contributed by atoms with Gasteiger partial charge in [-0.05, 0) is 61.1 Å². The van der Waals surface area contributed by atoms with Crippen LogP contribution in [-0.4, -0.2) is 79.3 Å². The molecule has 0 spiro atoms. The van der Waals surface area contributed by atoms with Crippen molar-refractivity contribution in [1.29, 1.82) is 0 Å². The number of anilines is 2. The van der Waals surface area contributed by atoms with Gasteiger partial charge in [0.05, 0.1) is 25.5 Å². The van der Waals surface area contributed by atoms with Gasteiger partial charge < -0.3 is 29.7 Å². The van der Waals surface area contributed by atoms with Crippen LogP contribution in [0.15, 0.2) is 24.3 Å². The molecule has 2 atom stereocenters. The Morgan fingerprint density at radius 2 is 1.97 bits per heavy atom. The number of likely N-dealkylation sites (tertiary alicyclic amines) is 1. The quantitative estimate of drug-likeness (QED) is 0.500. The lowest BCUT2D eigenvalue weighted by Gasteiger charge is -2.28. The number of hydrogen-bond donors (Lipinski definition) is 2. The first-order valence-corrected chi connectivity index (χ1v) is 12.6. The van der Waals surface area contributed by atoms with Gasteiger partial charge in [0.2, 0.25) is 5.88 Å². The Morgan fingerprint density at radius 1 is 1.24 bits per heavy atom. The molecule has 0 unspecified atom stereocenters. The van der Waals surface area contributed by atoms with E-state index in [4.69, 9.17) is 9.47 Å². The van der Waals surface area contributed by atoms with Gasteiger partial charge in [-0.15, -0.1) is 0 Å². The number of aliphatic hydroxyl groups excluding tert-OH is 1. The van der Waals surface area contributed by atoms with E-state index in [0.29, 0.717) is 48.8 Å². The predicted molar refractivity (Wildman–Crippen MR) is 134 cm³/mol. The number of hydrogen-bond acceptors (Lipinski definition) is 6. The second-order valence-corrected chi connectivity index (χ2v) is 9.76. The molecule has 208 valence electrons. The lowest BCUT2D eigenvalue weighted by atomic mass is 10.00. The fourth-order valence-electron chi connectivity index (χ4n) is 4.69. The van der Waals surface area contributed by atoms with Gasteiger partial charge >= 0.3 is 12.2 Å². The van der Waals surface area contributed by atoms with E-state index in [2.05, 4.69) is 10.3 Å². The average Bonchev–Trinajstić information content (AvgIpc) is 3.33. The molecule has 0 bridgehead atoms. The number of amides is 2. The Hall–Kier alpha value is -3.12. The summed E-state index contributed by atoms with van der Waals surface area (Å²) in [7, 11) is 0. The van der Waals surface area contributed by atoms with E-state index in [1.54, 1.807) is 19.9 Å². The molecule has 2 aliphatic rings. The zero-order chi connectivity index (χ0) is 27.4. The molecule has 38 heavy (non-hydrogen) atoms. The SMILES string of the molecule is Cc1cc(F)c(NC(=O)N2CC[C@H](CC(F)(F)F)C2)cc1-c1cc(O[C@H](C)CO)nc(N2CCOCC2)c1. The summed E-state index contributed by atoms with van der Waals surface area (Å²) in [5, 5.41) is 12.0. The molecule has 12 heteroatoms. The number of carbonyl (C=O) groups is 1. The van der Waals surface area contributed by atoms with Crippen molar-refractivity contribution in [3.05, 3.63) is 35.6 Å². The molecule has 1 aromatic heterocycles. The van der Waals surface area contributed by atoms with Crippen LogP contribution in [0.2, 0.25) is 0 Å². The normalized spacial score (nSPS) is 19.0. The molecule has 8 nitrogen and oxygen atoms in total. The van der Waals surface area contributed by atoms with Gasteiger partial charge in [0.25, 0.3) is 0 Å². The third-order valence-corrected chi connectivity index (χ3v) is 6.66. The first-order chi connectivity index (χ1) is 18.0. The molecule has 2 fully saturated rings. The Morgan fingerprint density at radius 3 is 2.66 bits per heavy atom. The Labute approximate surface area is 218 Å². The highest BCUT2D eigenvalue weighted by molar-refractivity contribution is 5.91. The van der Waals surface area contributed by atoms with Gasteiger partial charge in [0, 0.05) is 38.7 Å². The number of halogens is 4. The van der Waals surface area contributed by atoms with Crippen molar-refractivity contribution in [2.45, 2.75) is 39.0 Å². The van der Waals surface area contributed by atoms with Gasteiger partial charge in [-0.2, -0.15) is 18.2 Å². The van der Waals surface area contributed by atoms with E-state index < -0.39 is 36.5 Å². The summed E-state index contributed by atoms with van der Waals surface area (Å²) in [5.41, 5.74) is 1.82. The summed E-state index contributed by atoms with van der Waals surface area (Å²) in [4.78, 5) is 20.7. The first-order valence-electron chi connectivity index (χ1n) is 12.6. The molecule has 3 heterocycles. The molecular weight excluding hydrogens is 508 g/mol. The molecular formula is C26H32F4N4O4. The highest BCUT2D eigenvalue weighted by Crippen LogP contribution is 2.34. The monoisotopic (exact) mass is 540 g/mol. The largest absolute Gasteiger partial charge is 0.472 e. The van der Waals surface area contributed by atoms with E-state index in [1.807, 2.05) is 11.0 Å². The third kappa shape index (κ3) is 7.04. The number of alkyl halides is 3. The predicted octanol–water partition coefficient (Wildman–Crippen LogP) is 4.60. The van der Waals surface area contributed by atoms with E-state index in [-0.39, 0.29) is 37.7 Å². The van der Waals surface area contributed by atoms with Gasteiger partial charge in [-0.1, -0.05) is 0 Å². The number of ether oxygens (including phenoxy) is 2. The minimum atomic E-state index is -4.29. The van der Waals surface area contributed by atoms with Crippen LogP contribution in [-0.2, 0) is 4.74 Å². The van der Waals surface area contributed by atoms with Crippen LogP contribution in [0.4, 0.5) is 33.9 Å². The first kappa shape index (κ1) is 27.9. The fourth-order valence-corrected chi connectivity index (χ4v) is 4.69. The molecule has 2 N–H and O–H groups in total. The summed E-state index contributed by atoms with van der Waals surface area (Å²) < 4.78 is 64.3. The molecule has 2 aliphatic heterocycles. The topological polar surface area (TPSA) is 87.2 Å². The van der Waals surface area contributed by atoms with Crippen molar-refractivity contribution in [2.24, 2.45) is 5.92 Å². The molecule has 0 saturated carbocycles.